The fraction of sp³-hybridized carbons (Fsp3) is 0.158. The summed E-state index contributed by atoms with van der Waals surface area (Å²) in [4.78, 5) is 16.8. The van der Waals surface area contributed by atoms with Crippen LogP contribution in [0.4, 0.5) is 0 Å². The molecule has 116 valence electrons. The van der Waals surface area contributed by atoms with Crippen LogP contribution in [0.1, 0.15) is 24.2 Å². The van der Waals surface area contributed by atoms with Gasteiger partial charge < -0.3 is 5.32 Å². The first-order chi connectivity index (χ1) is 11.2. The van der Waals surface area contributed by atoms with Crippen molar-refractivity contribution in [1.82, 2.24) is 10.3 Å². The molecule has 0 saturated carbocycles. The monoisotopic (exact) mass is 322 g/mol. The van der Waals surface area contributed by atoms with Gasteiger partial charge in [0.15, 0.2) is 0 Å². The fourth-order valence-corrected chi connectivity index (χ4v) is 3.21. The number of carbonyl (C=O) groups excluding carboxylic acids is 1. The highest BCUT2D eigenvalue weighted by Crippen LogP contribution is 2.23. The summed E-state index contributed by atoms with van der Waals surface area (Å²) in [5.41, 5.74) is 3.00. The van der Waals surface area contributed by atoms with Crippen LogP contribution < -0.4 is 5.32 Å². The van der Waals surface area contributed by atoms with Gasteiger partial charge in [-0.05, 0) is 12.5 Å². The van der Waals surface area contributed by atoms with E-state index in [-0.39, 0.29) is 11.9 Å². The van der Waals surface area contributed by atoms with E-state index in [0.717, 1.165) is 21.8 Å². The first-order valence-corrected chi connectivity index (χ1v) is 8.44. The van der Waals surface area contributed by atoms with Gasteiger partial charge in [-0.2, -0.15) is 0 Å². The van der Waals surface area contributed by atoms with Crippen molar-refractivity contribution >= 4 is 17.2 Å². The standard InChI is InChI=1S/C19H18N2OS/c1-14(15-8-4-2-5-9-15)20-18(22)12-17-13-23-19(21-17)16-10-6-3-7-11-16/h2-11,13-14H,12H2,1H3,(H,20,22)/t14-/m0/s1. The number of nitrogens with one attached hydrogen (secondary N) is 1. The largest absolute Gasteiger partial charge is 0.349 e. The Labute approximate surface area is 140 Å². The van der Waals surface area contributed by atoms with Gasteiger partial charge in [0.25, 0.3) is 0 Å². The van der Waals surface area contributed by atoms with E-state index in [2.05, 4.69) is 10.3 Å². The zero-order valence-electron chi connectivity index (χ0n) is 12.9. The topological polar surface area (TPSA) is 42.0 Å². The molecular formula is C19H18N2OS. The third-order valence-corrected chi connectivity index (χ3v) is 4.53. The number of rotatable bonds is 5. The predicted octanol–water partition coefficient (Wildman–Crippen LogP) is 4.23. The summed E-state index contributed by atoms with van der Waals surface area (Å²) < 4.78 is 0. The van der Waals surface area contributed by atoms with Gasteiger partial charge in [0.2, 0.25) is 5.91 Å². The van der Waals surface area contributed by atoms with E-state index in [1.54, 1.807) is 11.3 Å². The number of thiazole rings is 1. The van der Waals surface area contributed by atoms with Crippen LogP contribution in [0.25, 0.3) is 10.6 Å². The number of hydrogen-bond donors (Lipinski definition) is 1. The van der Waals surface area contributed by atoms with Crippen molar-refractivity contribution in [3.05, 3.63) is 77.3 Å². The van der Waals surface area contributed by atoms with E-state index in [0.29, 0.717) is 6.42 Å². The maximum atomic E-state index is 12.2. The van der Waals surface area contributed by atoms with Crippen LogP contribution in [0.3, 0.4) is 0 Å². The van der Waals surface area contributed by atoms with Crippen molar-refractivity contribution in [1.29, 1.82) is 0 Å². The molecule has 1 N–H and O–H groups in total. The summed E-state index contributed by atoms with van der Waals surface area (Å²) in [6.45, 7) is 1.99. The van der Waals surface area contributed by atoms with Gasteiger partial charge in [-0.25, -0.2) is 4.98 Å². The van der Waals surface area contributed by atoms with Gasteiger partial charge in [-0.1, -0.05) is 60.7 Å². The Morgan fingerprint density at radius 3 is 2.43 bits per heavy atom. The average molecular weight is 322 g/mol. The maximum absolute atomic E-state index is 12.2. The second kappa shape index (κ2) is 7.20. The molecular weight excluding hydrogens is 304 g/mol. The smallest absolute Gasteiger partial charge is 0.226 e. The SMILES string of the molecule is C[C@H](NC(=O)Cc1csc(-c2ccccc2)n1)c1ccccc1. The minimum atomic E-state index is -0.00809. The normalized spacial score (nSPS) is 11.9. The second-order valence-electron chi connectivity index (χ2n) is 5.39. The van der Waals surface area contributed by atoms with E-state index in [9.17, 15) is 4.79 Å². The van der Waals surface area contributed by atoms with Crippen molar-refractivity contribution in [2.24, 2.45) is 0 Å². The Hall–Kier alpha value is -2.46. The first-order valence-electron chi connectivity index (χ1n) is 7.56. The lowest BCUT2D eigenvalue weighted by molar-refractivity contribution is -0.121. The minimum absolute atomic E-state index is 0.00377. The summed E-state index contributed by atoms with van der Waals surface area (Å²) in [5.74, 6) is -0.00809. The van der Waals surface area contributed by atoms with Crippen LogP contribution in [0.2, 0.25) is 0 Å². The zero-order chi connectivity index (χ0) is 16.1. The molecule has 0 radical (unpaired) electrons. The molecule has 4 heteroatoms. The Bertz CT molecular complexity index is 768. The molecule has 0 spiro atoms. The Morgan fingerprint density at radius 2 is 1.74 bits per heavy atom. The van der Waals surface area contributed by atoms with Gasteiger partial charge in [0.1, 0.15) is 5.01 Å². The van der Waals surface area contributed by atoms with Crippen molar-refractivity contribution in [2.75, 3.05) is 0 Å². The lowest BCUT2D eigenvalue weighted by Crippen LogP contribution is -2.28. The fourth-order valence-electron chi connectivity index (χ4n) is 2.38. The molecule has 0 unspecified atom stereocenters. The third-order valence-electron chi connectivity index (χ3n) is 3.59. The van der Waals surface area contributed by atoms with Crippen LogP contribution >= 0.6 is 11.3 Å². The maximum Gasteiger partial charge on any atom is 0.226 e. The van der Waals surface area contributed by atoms with Crippen LogP contribution in [0.15, 0.2) is 66.0 Å². The molecule has 0 aliphatic heterocycles. The molecule has 1 amide bonds. The highest BCUT2D eigenvalue weighted by Gasteiger charge is 2.12. The molecule has 1 aromatic heterocycles. The lowest BCUT2D eigenvalue weighted by atomic mass is 10.1. The van der Waals surface area contributed by atoms with Crippen LogP contribution in [-0.2, 0) is 11.2 Å². The van der Waals surface area contributed by atoms with Crippen LogP contribution in [0.5, 0.6) is 0 Å². The Kier molecular flexibility index (Phi) is 4.83. The molecule has 1 heterocycles. The van der Waals surface area contributed by atoms with Crippen LogP contribution in [0, 0.1) is 0 Å². The molecule has 0 aliphatic rings. The van der Waals surface area contributed by atoms with Gasteiger partial charge in [0.05, 0.1) is 18.2 Å². The Morgan fingerprint density at radius 1 is 1.09 bits per heavy atom. The number of benzene rings is 2. The summed E-state index contributed by atoms with van der Waals surface area (Å²) >= 11 is 1.57. The zero-order valence-corrected chi connectivity index (χ0v) is 13.7. The van der Waals surface area contributed by atoms with E-state index >= 15 is 0 Å². The van der Waals surface area contributed by atoms with Crippen molar-refractivity contribution in [3.63, 3.8) is 0 Å². The molecule has 23 heavy (non-hydrogen) atoms. The number of amides is 1. The quantitative estimate of drug-likeness (QED) is 0.764. The highest BCUT2D eigenvalue weighted by molar-refractivity contribution is 7.13. The predicted molar refractivity (Wildman–Crippen MR) is 94.3 cm³/mol. The Balaban J connectivity index is 1.61. The molecule has 0 fully saturated rings. The molecule has 2 aromatic carbocycles. The van der Waals surface area contributed by atoms with Crippen LogP contribution in [-0.4, -0.2) is 10.9 Å². The first kappa shape index (κ1) is 15.4. The van der Waals surface area contributed by atoms with Gasteiger partial charge >= 0.3 is 0 Å². The lowest BCUT2D eigenvalue weighted by Gasteiger charge is -2.13. The number of nitrogens with zero attached hydrogens (tertiary/aromatic N) is 1. The molecule has 0 bridgehead atoms. The molecule has 3 aromatic rings. The molecule has 1 atom stereocenters. The van der Waals surface area contributed by atoms with Gasteiger partial charge in [-0.15, -0.1) is 11.3 Å². The van der Waals surface area contributed by atoms with E-state index in [1.807, 2.05) is 73.0 Å². The summed E-state index contributed by atoms with van der Waals surface area (Å²) in [5, 5.41) is 5.92. The molecule has 3 rings (SSSR count). The second-order valence-corrected chi connectivity index (χ2v) is 6.24. The minimum Gasteiger partial charge on any atom is -0.349 e. The summed E-state index contributed by atoms with van der Waals surface area (Å²) in [7, 11) is 0. The summed E-state index contributed by atoms with van der Waals surface area (Å²) in [6.07, 6.45) is 0.306. The third kappa shape index (κ3) is 4.05. The van der Waals surface area contributed by atoms with Crippen molar-refractivity contribution in [2.45, 2.75) is 19.4 Å². The van der Waals surface area contributed by atoms with Gasteiger partial charge in [0, 0.05) is 10.9 Å². The average Bonchev–Trinajstić information content (AvgIpc) is 3.04. The molecule has 0 saturated heterocycles. The number of aromatic nitrogens is 1. The van der Waals surface area contributed by atoms with E-state index in [1.165, 1.54) is 0 Å². The van der Waals surface area contributed by atoms with Crippen molar-refractivity contribution in [3.8, 4) is 10.6 Å². The van der Waals surface area contributed by atoms with Crippen molar-refractivity contribution < 1.29 is 4.79 Å². The molecule has 3 nitrogen and oxygen atoms in total. The molecule has 0 aliphatic carbocycles. The number of hydrogen-bond acceptors (Lipinski definition) is 3. The number of carbonyl (C=O) groups is 1. The highest BCUT2D eigenvalue weighted by atomic mass is 32.1. The van der Waals surface area contributed by atoms with E-state index < -0.39 is 0 Å². The van der Waals surface area contributed by atoms with Gasteiger partial charge in [-0.3, -0.25) is 4.79 Å². The van der Waals surface area contributed by atoms with E-state index in [4.69, 9.17) is 0 Å². The summed E-state index contributed by atoms with van der Waals surface area (Å²) in [6, 6.07) is 20.0.